The molecule has 3 heteroatoms. The van der Waals surface area contributed by atoms with Gasteiger partial charge in [-0.3, -0.25) is 4.79 Å². The molecule has 1 aliphatic heterocycles. The van der Waals surface area contributed by atoms with Crippen LogP contribution in [-0.2, 0) is 17.8 Å². The first-order valence-corrected chi connectivity index (χ1v) is 9.31. The van der Waals surface area contributed by atoms with Crippen molar-refractivity contribution in [2.75, 3.05) is 13.1 Å². The number of hydrogen-bond donors (Lipinski definition) is 1. The zero-order chi connectivity index (χ0) is 16.2. The molecular formula is C20H30N2O. The standard InChI is InChI=1S/C20H30N2O/c1-3-15-5-7-16(8-6-15)13-21-19-11-12-22(14-17(19)4-2)20(23)18-9-10-18/h5-8,17-19,21H,3-4,9-14H2,1-2H3. The van der Waals surface area contributed by atoms with Gasteiger partial charge in [0.15, 0.2) is 0 Å². The van der Waals surface area contributed by atoms with Gasteiger partial charge in [-0.2, -0.15) is 0 Å². The van der Waals surface area contributed by atoms with Gasteiger partial charge in [0, 0.05) is 31.6 Å². The summed E-state index contributed by atoms with van der Waals surface area (Å²) >= 11 is 0. The molecule has 2 unspecified atom stereocenters. The minimum Gasteiger partial charge on any atom is -0.342 e. The molecule has 1 aromatic carbocycles. The van der Waals surface area contributed by atoms with Gasteiger partial charge in [0.05, 0.1) is 0 Å². The Morgan fingerprint density at radius 2 is 1.83 bits per heavy atom. The highest BCUT2D eigenvalue weighted by molar-refractivity contribution is 5.81. The topological polar surface area (TPSA) is 32.3 Å². The van der Waals surface area contributed by atoms with Crippen LogP contribution in [0.15, 0.2) is 24.3 Å². The number of rotatable bonds is 6. The molecule has 3 rings (SSSR count). The molecule has 1 N–H and O–H groups in total. The first-order valence-electron chi connectivity index (χ1n) is 9.31. The number of nitrogens with zero attached hydrogens (tertiary/aromatic N) is 1. The summed E-state index contributed by atoms with van der Waals surface area (Å²) in [7, 11) is 0. The Morgan fingerprint density at radius 3 is 2.43 bits per heavy atom. The summed E-state index contributed by atoms with van der Waals surface area (Å²) < 4.78 is 0. The van der Waals surface area contributed by atoms with Crippen molar-refractivity contribution >= 4 is 5.91 Å². The van der Waals surface area contributed by atoms with Crippen LogP contribution in [0.2, 0.25) is 0 Å². The molecule has 0 radical (unpaired) electrons. The summed E-state index contributed by atoms with van der Waals surface area (Å²) in [6.45, 7) is 7.24. The molecule has 23 heavy (non-hydrogen) atoms. The van der Waals surface area contributed by atoms with Crippen LogP contribution >= 0.6 is 0 Å². The Balaban J connectivity index is 1.52. The molecule has 2 atom stereocenters. The quantitative estimate of drug-likeness (QED) is 0.873. The predicted molar refractivity (Wildman–Crippen MR) is 94.1 cm³/mol. The SMILES string of the molecule is CCc1ccc(CNC2CCN(C(=O)C3CC3)CC2CC)cc1. The van der Waals surface area contributed by atoms with Gasteiger partial charge in [0.2, 0.25) is 5.91 Å². The van der Waals surface area contributed by atoms with E-state index in [9.17, 15) is 4.79 Å². The van der Waals surface area contributed by atoms with Crippen molar-refractivity contribution in [1.29, 1.82) is 0 Å². The fourth-order valence-corrected chi connectivity index (χ4v) is 3.64. The van der Waals surface area contributed by atoms with Crippen LogP contribution < -0.4 is 5.32 Å². The van der Waals surface area contributed by atoms with E-state index in [4.69, 9.17) is 0 Å². The maximum absolute atomic E-state index is 12.3. The van der Waals surface area contributed by atoms with Crippen molar-refractivity contribution in [2.24, 2.45) is 11.8 Å². The molecule has 0 aromatic heterocycles. The van der Waals surface area contributed by atoms with Gasteiger partial charge in [0.1, 0.15) is 0 Å². The fourth-order valence-electron chi connectivity index (χ4n) is 3.64. The molecule has 2 fully saturated rings. The van der Waals surface area contributed by atoms with Crippen molar-refractivity contribution in [3.63, 3.8) is 0 Å². The molecule has 1 aliphatic carbocycles. The van der Waals surface area contributed by atoms with Crippen molar-refractivity contribution in [3.8, 4) is 0 Å². The van der Waals surface area contributed by atoms with Crippen LogP contribution in [-0.4, -0.2) is 29.9 Å². The molecule has 3 nitrogen and oxygen atoms in total. The summed E-state index contributed by atoms with van der Waals surface area (Å²) in [6, 6.07) is 9.46. The highest BCUT2D eigenvalue weighted by Crippen LogP contribution is 2.33. The Hall–Kier alpha value is -1.35. The van der Waals surface area contributed by atoms with Gasteiger partial charge in [-0.25, -0.2) is 0 Å². The average molecular weight is 314 g/mol. The Labute approximate surface area is 140 Å². The average Bonchev–Trinajstić information content (AvgIpc) is 3.44. The summed E-state index contributed by atoms with van der Waals surface area (Å²) in [5, 5.41) is 3.74. The van der Waals surface area contributed by atoms with E-state index in [0.717, 1.165) is 51.7 Å². The molecule has 0 bridgehead atoms. The minimum atomic E-state index is 0.356. The third kappa shape index (κ3) is 4.14. The van der Waals surface area contributed by atoms with Crippen molar-refractivity contribution in [2.45, 2.75) is 58.5 Å². The van der Waals surface area contributed by atoms with Crippen LogP contribution in [0.3, 0.4) is 0 Å². The lowest BCUT2D eigenvalue weighted by Gasteiger charge is -2.39. The van der Waals surface area contributed by atoms with E-state index in [0.29, 0.717) is 23.8 Å². The lowest BCUT2D eigenvalue weighted by Crippen LogP contribution is -2.51. The largest absolute Gasteiger partial charge is 0.342 e. The smallest absolute Gasteiger partial charge is 0.225 e. The summed E-state index contributed by atoms with van der Waals surface area (Å²) in [4.78, 5) is 14.4. The van der Waals surface area contributed by atoms with Crippen LogP contribution in [0.25, 0.3) is 0 Å². The second-order valence-corrected chi connectivity index (χ2v) is 7.17. The van der Waals surface area contributed by atoms with Crippen LogP contribution in [0, 0.1) is 11.8 Å². The van der Waals surface area contributed by atoms with Gasteiger partial charge >= 0.3 is 0 Å². The molecule has 1 heterocycles. The van der Waals surface area contributed by atoms with Crippen molar-refractivity contribution in [1.82, 2.24) is 10.2 Å². The molecule has 0 spiro atoms. The van der Waals surface area contributed by atoms with E-state index < -0.39 is 0 Å². The summed E-state index contributed by atoms with van der Waals surface area (Å²) in [5.74, 6) is 1.35. The van der Waals surface area contributed by atoms with E-state index >= 15 is 0 Å². The van der Waals surface area contributed by atoms with E-state index in [2.05, 4.69) is 48.3 Å². The number of carbonyl (C=O) groups excluding carboxylic acids is 1. The van der Waals surface area contributed by atoms with Crippen molar-refractivity contribution < 1.29 is 4.79 Å². The number of amides is 1. The lowest BCUT2D eigenvalue weighted by atomic mass is 9.89. The summed E-state index contributed by atoms with van der Waals surface area (Å²) in [6.07, 6.45) is 5.55. The number of aryl methyl sites for hydroxylation is 1. The fraction of sp³-hybridized carbons (Fsp3) is 0.650. The zero-order valence-electron chi connectivity index (χ0n) is 14.6. The molecule has 1 saturated heterocycles. The van der Waals surface area contributed by atoms with Gasteiger partial charge in [-0.05, 0) is 42.7 Å². The Morgan fingerprint density at radius 1 is 1.13 bits per heavy atom. The normalized spacial score (nSPS) is 24.7. The number of benzene rings is 1. The maximum Gasteiger partial charge on any atom is 0.225 e. The molecule has 1 saturated carbocycles. The third-order valence-corrected chi connectivity index (χ3v) is 5.50. The lowest BCUT2D eigenvalue weighted by molar-refractivity contribution is -0.134. The number of likely N-dealkylation sites (tertiary alicyclic amines) is 1. The zero-order valence-corrected chi connectivity index (χ0v) is 14.6. The molecule has 2 aliphatic rings. The van der Waals surface area contributed by atoms with Crippen LogP contribution in [0.5, 0.6) is 0 Å². The maximum atomic E-state index is 12.3. The molecular weight excluding hydrogens is 284 g/mol. The van der Waals surface area contributed by atoms with E-state index in [1.165, 1.54) is 11.1 Å². The number of carbonyl (C=O) groups is 1. The highest BCUT2D eigenvalue weighted by Gasteiger charge is 2.37. The second kappa shape index (κ2) is 7.48. The molecule has 1 aromatic rings. The third-order valence-electron chi connectivity index (χ3n) is 5.50. The van der Waals surface area contributed by atoms with Crippen LogP contribution in [0.4, 0.5) is 0 Å². The van der Waals surface area contributed by atoms with Crippen molar-refractivity contribution in [3.05, 3.63) is 35.4 Å². The van der Waals surface area contributed by atoms with Gasteiger partial charge < -0.3 is 10.2 Å². The first kappa shape index (κ1) is 16.5. The highest BCUT2D eigenvalue weighted by atomic mass is 16.2. The minimum absolute atomic E-state index is 0.356. The number of hydrogen-bond acceptors (Lipinski definition) is 2. The number of piperidine rings is 1. The Bertz CT molecular complexity index is 521. The van der Waals surface area contributed by atoms with E-state index in [1.54, 1.807) is 0 Å². The van der Waals surface area contributed by atoms with E-state index in [1.807, 2.05) is 0 Å². The molecule has 126 valence electrons. The Kier molecular flexibility index (Phi) is 5.37. The predicted octanol–water partition coefficient (Wildman–Crippen LogP) is 3.38. The summed E-state index contributed by atoms with van der Waals surface area (Å²) in [5.41, 5.74) is 2.75. The first-order chi connectivity index (χ1) is 11.2. The van der Waals surface area contributed by atoms with Gasteiger partial charge in [-0.15, -0.1) is 0 Å². The monoisotopic (exact) mass is 314 g/mol. The molecule has 1 amide bonds. The van der Waals surface area contributed by atoms with Gasteiger partial charge in [0.25, 0.3) is 0 Å². The number of nitrogens with one attached hydrogen (secondary N) is 1. The van der Waals surface area contributed by atoms with E-state index in [-0.39, 0.29) is 0 Å². The van der Waals surface area contributed by atoms with Crippen LogP contribution in [0.1, 0.15) is 50.7 Å². The van der Waals surface area contributed by atoms with Gasteiger partial charge in [-0.1, -0.05) is 44.5 Å². The second-order valence-electron chi connectivity index (χ2n) is 7.17.